The van der Waals surface area contributed by atoms with Crippen molar-refractivity contribution in [2.24, 2.45) is 0 Å². The third-order valence-electron chi connectivity index (χ3n) is 5.18. The molecule has 0 spiro atoms. The fraction of sp³-hybridized carbons (Fsp3) is 0.0769. The largest absolute Gasteiger partial charge is 0.503 e. The van der Waals surface area contributed by atoms with Gasteiger partial charge in [-0.1, -0.05) is 90.5 Å². The zero-order valence-electron chi connectivity index (χ0n) is 16.6. The van der Waals surface area contributed by atoms with E-state index >= 15 is 0 Å². The first-order valence-electron chi connectivity index (χ1n) is 9.85. The van der Waals surface area contributed by atoms with Crippen LogP contribution in [0.3, 0.4) is 0 Å². The molecule has 5 heteroatoms. The second-order valence-corrected chi connectivity index (χ2v) is 7.68. The number of allylic oxidation sites excluding steroid dienone is 1. The molecule has 0 fully saturated rings. The molecular formula is C26H20ClNO3. The maximum absolute atomic E-state index is 13.1. The molecule has 3 aromatic rings. The lowest BCUT2D eigenvalue weighted by molar-refractivity contribution is -0.130. The van der Waals surface area contributed by atoms with Crippen LogP contribution in [0.1, 0.15) is 22.7 Å². The third-order valence-corrected chi connectivity index (χ3v) is 5.43. The van der Waals surface area contributed by atoms with Gasteiger partial charge in [-0.2, -0.15) is 0 Å². The van der Waals surface area contributed by atoms with Crippen molar-refractivity contribution in [3.63, 3.8) is 0 Å². The molecule has 1 unspecified atom stereocenters. The quantitative estimate of drug-likeness (QED) is 0.525. The number of benzene rings is 3. The van der Waals surface area contributed by atoms with Gasteiger partial charge in [0.1, 0.15) is 0 Å². The van der Waals surface area contributed by atoms with Crippen LogP contribution in [0.4, 0.5) is 0 Å². The molecule has 0 saturated heterocycles. The maximum atomic E-state index is 13.1. The van der Waals surface area contributed by atoms with Crippen LogP contribution in [0, 0.1) is 0 Å². The van der Waals surface area contributed by atoms with Gasteiger partial charge in [0.25, 0.3) is 5.91 Å². The van der Waals surface area contributed by atoms with Crippen molar-refractivity contribution < 1.29 is 14.7 Å². The fourth-order valence-corrected chi connectivity index (χ4v) is 3.79. The van der Waals surface area contributed by atoms with Crippen molar-refractivity contribution in [2.75, 3.05) is 0 Å². The number of rotatable bonds is 6. The fourth-order valence-electron chi connectivity index (χ4n) is 3.67. The lowest BCUT2D eigenvalue weighted by Crippen LogP contribution is -2.30. The highest BCUT2D eigenvalue weighted by atomic mass is 35.5. The van der Waals surface area contributed by atoms with Crippen LogP contribution < -0.4 is 0 Å². The SMILES string of the molecule is O=C(/C=C/c1ccccc1)C1=C(O)C(=O)N(Cc2ccccc2)C1c1ccc(Cl)cc1. The van der Waals surface area contributed by atoms with Crippen molar-refractivity contribution in [1.29, 1.82) is 0 Å². The van der Waals surface area contributed by atoms with E-state index in [9.17, 15) is 14.7 Å². The number of hydrogen-bond acceptors (Lipinski definition) is 3. The summed E-state index contributed by atoms with van der Waals surface area (Å²) >= 11 is 6.04. The van der Waals surface area contributed by atoms with Gasteiger partial charge in [0.05, 0.1) is 11.6 Å². The first kappa shape index (κ1) is 20.6. The highest BCUT2D eigenvalue weighted by Crippen LogP contribution is 2.39. The van der Waals surface area contributed by atoms with Crippen LogP contribution in [0.2, 0.25) is 5.02 Å². The minimum atomic E-state index is -0.710. The predicted octanol–water partition coefficient (Wildman–Crippen LogP) is 5.52. The summed E-state index contributed by atoms with van der Waals surface area (Å²) in [5.41, 5.74) is 2.52. The molecule has 1 atom stereocenters. The van der Waals surface area contributed by atoms with Crippen molar-refractivity contribution in [3.8, 4) is 0 Å². The van der Waals surface area contributed by atoms with Crippen LogP contribution >= 0.6 is 11.6 Å². The number of amides is 1. The normalized spacial score (nSPS) is 16.4. The van der Waals surface area contributed by atoms with E-state index in [4.69, 9.17) is 11.6 Å². The Morgan fingerprint density at radius 3 is 2.19 bits per heavy atom. The number of hydrogen-bond donors (Lipinski definition) is 1. The average molecular weight is 430 g/mol. The Morgan fingerprint density at radius 2 is 1.55 bits per heavy atom. The number of carbonyl (C=O) groups is 2. The molecule has 0 bridgehead atoms. The second-order valence-electron chi connectivity index (χ2n) is 7.24. The summed E-state index contributed by atoms with van der Waals surface area (Å²) in [5.74, 6) is -1.50. The topological polar surface area (TPSA) is 57.6 Å². The Morgan fingerprint density at radius 1 is 0.935 bits per heavy atom. The molecule has 4 rings (SSSR count). The van der Waals surface area contributed by atoms with E-state index in [2.05, 4.69) is 0 Å². The van der Waals surface area contributed by atoms with E-state index < -0.39 is 23.5 Å². The van der Waals surface area contributed by atoms with Crippen molar-refractivity contribution in [2.45, 2.75) is 12.6 Å². The number of ketones is 1. The Kier molecular flexibility index (Phi) is 6.01. The summed E-state index contributed by atoms with van der Waals surface area (Å²) in [4.78, 5) is 27.6. The minimum absolute atomic E-state index is 0.0652. The predicted molar refractivity (Wildman–Crippen MR) is 121 cm³/mol. The van der Waals surface area contributed by atoms with Crippen molar-refractivity contribution in [3.05, 3.63) is 124 Å². The molecule has 1 N–H and O–H groups in total. The van der Waals surface area contributed by atoms with E-state index in [-0.39, 0.29) is 12.1 Å². The van der Waals surface area contributed by atoms with E-state index in [1.807, 2.05) is 60.7 Å². The number of aliphatic hydroxyl groups excluding tert-OH is 1. The van der Waals surface area contributed by atoms with E-state index in [0.717, 1.165) is 11.1 Å². The molecule has 0 saturated carbocycles. The Bertz CT molecular complexity index is 1150. The number of nitrogens with zero attached hydrogens (tertiary/aromatic N) is 1. The molecule has 0 radical (unpaired) electrons. The average Bonchev–Trinajstić information content (AvgIpc) is 3.04. The lowest BCUT2D eigenvalue weighted by Gasteiger charge is -2.26. The molecule has 0 aromatic heterocycles. The van der Waals surface area contributed by atoms with Crippen LogP contribution in [0.15, 0.2) is 102 Å². The Labute approximate surface area is 185 Å². The number of aliphatic hydroxyl groups is 1. The first-order valence-corrected chi connectivity index (χ1v) is 10.2. The highest BCUT2D eigenvalue weighted by Gasteiger charge is 2.42. The summed E-state index contributed by atoms with van der Waals surface area (Å²) in [6.45, 7) is 0.260. The van der Waals surface area contributed by atoms with Crippen LogP contribution in [-0.2, 0) is 16.1 Å². The van der Waals surface area contributed by atoms with Gasteiger partial charge in [-0.25, -0.2) is 0 Å². The molecule has 1 aliphatic heterocycles. The molecule has 1 aliphatic rings. The molecular weight excluding hydrogens is 410 g/mol. The number of halogens is 1. The molecule has 3 aromatic carbocycles. The molecule has 31 heavy (non-hydrogen) atoms. The molecule has 0 aliphatic carbocycles. The zero-order chi connectivity index (χ0) is 21.8. The van der Waals surface area contributed by atoms with Crippen molar-refractivity contribution >= 4 is 29.4 Å². The van der Waals surface area contributed by atoms with Crippen LogP contribution in [-0.4, -0.2) is 21.7 Å². The summed E-state index contributed by atoms with van der Waals surface area (Å²) < 4.78 is 0. The summed E-state index contributed by atoms with van der Waals surface area (Å²) in [6, 6.07) is 25.1. The Hall–Kier alpha value is -3.63. The van der Waals surface area contributed by atoms with Gasteiger partial charge >= 0.3 is 0 Å². The van der Waals surface area contributed by atoms with Crippen LogP contribution in [0.25, 0.3) is 6.08 Å². The van der Waals surface area contributed by atoms with E-state index in [0.29, 0.717) is 10.6 Å². The summed E-state index contributed by atoms with van der Waals surface area (Å²) in [6.07, 6.45) is 3.06. The van der Waals surface area contributed by atoms with Gasteiger partial charge in [-0.3, -0.25) is 9.59 Å². The van der Waals surface area contributed by atoms with Gasteiger partial charge in [0.15, 0.2) is 11.5 Å². The molecule has 4 nitrogen and oxygen atoms in total. The van der Waals surface area contributed by atoms with Crippen molar-refractivity contribution in [1.82, 2.24) is 4.90 Å². The van der Waals surface area contributed by atoms with E-state index in [1.165, 1.54) is 11.0 Å². The van der Waals surface area contributed by atoms with E-state index in [1.54, 1.807) is 30.3 Å². The molecule has 154 valence electrons. The van der Waals surface area contributed by atoms with Gasteiger partial charge < -0.3 is 10.0 Å². The van der Waals surface area contributed by atoms with Gasteiger partial charge in [-0.15, -0.1) is 0 Å². The smallest absolute Gasteiger partial charge is 0.290 e. The standard InChI is InChI=1S/C26H20ClNO3/c27-21-14-12-20(13-15-21)24-23(22(29)16-11-18-7-3-1-4-8-18)25(30)26(31)28(24)17-19-9-5-2-6-10-19/h1-16,24,30H,17H2/b16-11+. The summed E-state index contributed by atoms with van der Waals surface area (Å²) in [5, 5.41) is 11.2. The first-order chi connectivity index (χ1) is 15.0. The van der Waals surface area contributed by atoms with Gasteiger partial charge in [0, 0.05) is 11.6 Å². The third kappa shape index (κ3) is 4.44. The van der Waals surface area contributed by atoms with Gasteiger partial charge in [-0.05, 0) is 34.9 Å². The monoisotopic (exact) mass is 429 g/mol. The highest BCUT2D eigenvalue weighted by molar-refractivity contribution is 6.30. The summed E-state index contributed by atoms with van der Waals surface area (Å²) in [7, 11) is 0. The second kappa shape index (κ2) is 9.02. The lowest BCUT2D eigenvalue weighted by atomic mass is 9.95. The van der Waals surface area contributed by atoms with Crippen LogP contribution in [0.5, 0.6) is 0 Å². The zero-order valence-corrected chi connectivity index (χ0v) is 17.4. The molecule has 1 heterocycles. The molecule has 1 amide bonds. The number of carbonyl (C=O) groups excluding carboxylic acids is 2. The van der Waals surface area contributed by atoms with Gasteiger partial charge in [0.2, 0.25) is 0 Å². The Balaban J connectivity index is 1.72. The maximum Gasteiger partial charge on any atom is 0.290 e. The minimum Gasteiger partial charge on any atom is -0.503 e.